The van der Waals surface area contributed by atoms with E-state index in [9.17, 15) is 24.0 Å². The molecule has 0 N–H and O–H groups in total. The predicted octanol–water partition coefficient (Wildman–Crippen LogP) is 3.77. The second kappa shape index (κ2) is 14.3. The number of hydrogen-bond donors (Lipinski definition) is 0. The minimum absolute atomic E-state index is 0.0240. The molecule has 2 aliphatic heterocycles. The average Bonchev–Trinajstić information content (AvgIpc) is 3.64. The second-order valence-electron chi connectivity index (χ2n) is 11.9. The van der Waals surface area contributed by atoms with E-state index in [-0.39, 0.29) is 19.1 Å². The number of carbonyl (C=O) groups is 5. The summed E-state index contributed by atoms with van der Waals surface area (Å²) in [6.45, 7) is 4.26. The molecule has 1 aromatic heterocycles. The van der Waals surface area contributed by atoms with Crippen LogP contribution in [-0.4, -0.2) is 75.8 Å². The van der Waals surface area contributed by atoms with E-state index in [0.29, 0.717) is 17.0 Å². The molecule has 5 atom stereocenters. The van der Waals surface area contributed by atoms with E-state index in [1.54, 1.807) is 4.90 Å². The van der Waals surface area contributed by atoms with E-state index in [1.807, 2.05) is 72.8 Å². The summed E-state index contributed by atoms with van der Waals surface area (Å²) in [5, 5.41) is 10.6. The summed E-state index contributed by atoms with van der Waals surface area (Å²) in [4.78, 5) is 63.8. The quantitative estimate of drug-likeness (QED) is 0.143. The first kappa shape index (κ1) is 34.0. The van der Waals surface area contributed by atoms with Gasteiger partial charge in [0.2, 0.25) is 0 Å². The van der Waals surface area contributed by atoms with Gasteiger partial charge in [0.25, 0.3) is 5.91 Å². The molecule has 3 aromatic carbocycles. The molecule has 258 valence electrons. The van der Waals surface area contributed by atoms with Crippen LogP contribution in [0.1, 0.15) is 50.7 Å². The standard InChI is InChI=1S/C36H34N4O10/c1-20(41)46-19-31-32(47-21(2)42)33(48-22(3)43)34(49-23(4)44)36(50-31)40-18-27(37-38-40)17-39-30-12-8-7-11-28(30)29(35(39)45)16-24-13-14-25-9-5-6-10-26(25)15-24/h5-16,18,31-34,36H,17,19H2,1-4H3/b29-16+/t31-,32-,33+,34-,36-/m1/s1. The first-order chi connectivity index (χ1) is 24.0. The lowest BCUT2D eigenvalue weighted by molar-refractivity contribution is -0.270. The summed E-state index contributed by atoms with van der Waals surface area (Å²) in [7, 11) is 0. The van der Waals surface area contributed by atoms with Crippen molar-refractivity contribution in [2.24, 2.45) is 0 Å². The highest BCUT2D eigenvalue weighted by Gasteiger charge is 2.53. The molecule has 4 aromatic rings. The van der Waals surface area contributed by atoms with Gasteiger partial charge in [0.05, 0.1) is 18.4 Å². The number of esters is 4. The van der Waals surface area contributed by atoms with Gasteiger partial charge in [-0.1, -0.05) is 59.8 Å². The lowest BCUT2D eigenvalue weighted by Crippen LogP contribution is -2.60. The van der Waals surface area contributed by atoms with E-state index in [2.05, 4.69) is 10.3 Å². The van der Waals surface area contributed by atoms with Crippen molar-refractivity contribution >= 4 is 57.9 Å². The topological polar surface area (TPSA) is 165 Å². The summed E-state index contributed by atoms with van der Waals surface area (Å²) >= 11 is 0. The van der Waals surface area contributed by atoms with Crippen LogP contribution in [-0.2, 0) is 54.2 Å². The van der Waals surface area contributed by atoms with Crippen LogP contribution in [0.4, 0.5) is 5.69 Å². The van der Waals surface area contributed by atoms with Crippen molar-refractivity contribution in [1.82, 2.24) is 15.0 Å². The molecule has 1 saturated heterocycles. The van der Waals surface area contributed by atoms with E-state index >= 15 is 0 Å². The maximum atomic E-state index is 13.9. The molecule has 0 aliphatic carbocycles. The first-order valence-corrected chi connectivity index (χ1v) is 15.8. The molecule has 50 heavy (non-hydrogen) atoms. The SMILES string of the molecule is CC(=O)OC[C@H]1O[C@@H](n2cc(CN3C(=O)/C(=C/c4ccc5ccccc5c4)c4ccccc43)nn2)[C@H](OC(C)=O)[C@@H](OC(C)=O)[C@@H]1OC(C)=O. The highest BCUT2D eigenvalue weighted by atomic mass is 16.7. The van der Waals surface area contributed by atoms with Crippen LogP contribution < -0.4 is 4.90 Å². The molecule has 0 spiro atoms. The van der Waals surface area contributed by atoms with Crippen molar-refractivity contribution in [3.63, 3.8) is 0 Å². The van der Waals surface area contributed by atoms with Crippen LogP contribution in [0.25, 0.3) is 22.4 Å². The van der Waals surface area contributed by atoms with Crippen LogP contribution in [0.5, 0.6) is 0 Å². The molecule has 1 fully saturated rings. The monoisotopic (exact) mass is 682 g/mol. The summed E-state index contributed by atoms with van der Waals surface area (Å²) in [5.74, 6) is -3.11. The number of ether oxygens (including phenoxy) is 5. The number of hydrogen-bond acceptors (Lipinski definition) is 12. The number of nitrogens with zero attached hydrogens (tertiary/aromatic N) is 4. The fraction of sp³-hybridized carbons (Fsp3) is 0.306. The molecule has 0 unspecified atom stereocenters. The van der Waals surface area contributed by atoms with E-state index in [1.165, 1.54) is 17.8 Å². The molecule has 0 radical (unpaired) electrons. The summed E-state index contributed by atoms with van der Waals surface area (Å²) in [6.07, 6.45) is -3.13. The van der Waals surface area contributed by atoms with E-state index in [0.717, 1.165) is 42.7 Å². The smallest absolute Gasteiger partial charge is 0.303 e. The molecule has 14 heteroatoms. The summed E-state index contributed by atoms with van der Waals surface area (Å²) in [5.41, 5.74) is 3.19. The molecule has 1 amide bonds. The Morgan fingerprint density at radius 2 is 1.46 bits per heavy atom. The number of carbonyl (C=O) groups excluding carboxylic acids is 5. The number of benzene rings is 3. The van der Waals surface area contributed by atoms with Crippen LogP contribution in [0.2, 0.25) is 0 Å². The Morgan fingerprint density at radius 3 is 2.18 bits per heavy atom. The van der Waals surface area contributed by atoms with Crippen molar-refractivity contribution in [2.75, 3.05) is 11.5 Å². The molecular formula is C36H34N4O10. The summed E-state index contributed by atoms with van der Waals surface area (Å²) < 4.78 is 29.1. The van der Waals surface area contributed by atoms with Crippen LogP contribution in [0, 0.1) is 0 Å². The Bertz CT molecular complexity index is 2010. The van der Waals surface area contributed by atoms with Crippen molar-refractivity contribution in [3.8, 4) is 0 Å². The number of rotatable bonds is 9. The molecular weight excluding hydrogens is 648 g/mol. The third-order valence-corrected chi connectivity index (χ3v) is 8.15. The highest BCUT2D eigenvalue weighted by molar-refractivity contribution is 6.35. The highest BCUT2D eigenvalue weighted by Crippen LogP contribution is 2.39. The van der Waals surface area contributed by atoms with Gasteiger partial charge in [-0.25, -0.2) is 4.68 Å². The third-order valence-electron chi connectivity index (χ3n) is 8.15. The molecule has 0 bridgehead atoms. The van der Waals surface area contributed by atoms with Crippen molar-refractivity contribution in [1.29, 1.82) is 0 Å². The van der Waals surface area contributed by atoms with Crippen molar-refractivity contribution in [2.45, 2.75) is 64.9 Å². The third kappa shape index (κ3) is 7.25. The Labute approximate surface area is 286 Å². The molecule has 14 nitrogen and oxygen atoms in total. The van der Waals surface area contributed by atoms with Crippen molar-refractivity contribution in [3.05, 3.63) is 89.7 Å². The first-order valence-electron chi connectivity index (χ1n) is 15.8. The number of para-hydroxylation sites is 1. The minimum Gasteiger partial charge on any atom is -0.463 e. The average molecular weight is 683 g/mol. The number of anilines is 1. The van der Waals surface area contributed by atoms with E-state index in [4.69, 9.17) is 23.7 Å². The summed E-state index contributed by atoms with van der Waals surface area (Å²) in [6, 6.07) is 21.4. The molecule has 2 aliphatic rings. The van der Waals surface area contributed by atoms with Gasteiger partial charge in [-0.05, 0) is 34.5 Å². The fourth-order valence-corrected chi connectivity index (χ4v) is 6.16. The van der Waals surface area contributed by atoms with Crippen LogP contribution in [0.15, 0.2) is 72.9 Å². The van der Waals surface area contributed by atoms with Gasteiger partial charge in [0.1, 0.15) is 18.4 Å². The molecule has 3 heterocycles. The minimum atomic E-state index is -1.37. The van der Waals surface area contributed by atoms with Crippen LogP contribution in [0.3, 0.4) is 0 Å². The maximum absolute atomic E-state index is 13.9. The van der Waals surface area contributed by atoms with Gasteiger partial charge in [0, 0.05) is 38.8 Å². The molecule has 0 saturated carbocycles. The Balaban J connectivity index is 1.31. The Hall–Kier alpha value is -5.89. The second-order valence-corrected chi connectivity index (χ2v) is 11.9. The Kier molecular flexibility index (Phi) is 9.72. The maximum Gasteiger partial charge on any atom is 0.303 e. The van der Waals surface area contributed by atoms with E-state index < -0.39 is 54.5 Å². The zero-order valence-electron chi connectivity index (χ0n) is 27.7. The van der Waals surface area contributed by atoms with Crippen LogP contribution >= 0.6 is 0 Å². The van der Waals surface area contributed by atoms with Gasteiger partial charge >= 0.3 is 23.9 Å². The largest absolute Gasteiger partial charge is 0.463 e. The normalized spacial score (nSPS) is 22.2. The van der Waals surface area contributed by atoms with Gasteiger partial charge < -0.3 is 28.6 Å². The zero-order valence-corrected chi connectivity index (χ0v) is 27.7. The van der Waals surface area contributed by atoms with Gasteiger partial charge in [-0.15, -0.1) is 5.10 Å². The van der Waals surface area contributed by atoms with Gasteiger partial charge in [-0.2, -0.15) is 0 Å². The number of aromatic nitrogens is 3. The zero-order chi connectivity index (χ0) is 35.5. The lowest BCUT2D eigenvalue weighted by Gasteiger charge is -2.44. The fourth-order valence-electron chi connectivity index (χ4n) is 6.16. The van der Waals surface area contributed by atoms with Crippen molar-refractivity contribution < 1.29 is 47.7 Å². The number of amides is 1. The van der Waals surface area contributed by atoms with Gasteiger partial charge in [-0.3, -0.25) is 24.0 Å². The molecule has 6 rings (SSSR count). The lowest BCUT2D eigenvalue weighted by atomic mass is 9.97. The number of fused-ring (bicyclic) bond motifs is 2. The van der Waals surface area contributed by atoms with Gasteiger partial charge in [0.15, 0.2) is 24.5 Å². The predicted molar refractivity (Wildman–Crippen MR) is 177 cm³/mol. The Morgan fingerprint density at radius 1 is 0.800 bits per heavy atom.